The van der Waals surface area contributed by atoms with Gasteiger partial charge in [-0.15, -0.1) is 0 Å². The summed E-state index contributed by atoms with van der Waals surface area (Å²) in [5.41, 5.74) is 0. The summed E-state index contributed by atoms with van der Waals surface area (Å²) in [7, 11) is 0. The van der Waals surface area contributed by atoms with Gasteiger partial charge in [-0.05, 0) is 18.1 Å². The molecule has 84 valence electrons. The third kappa shape index (κ3) is 4.65. The molecular formula is C12H18BrNO. The van der Waals surface area contributed by atoms with Gasteiger partial charge in [0.25, 0.3) is 0 Å². The van der Waals surface area contributed by atoms with Gasteiger partial charge in [0, 0.05) is 0 Å². The highest BCUT2D eigenvalue weighted by Gasteiger charge is 2.27. The Balaban J connectivity index is 0.00000196. The van der Waals surface area contributed by atoms with Crippen molar-refractivity contribution in [2.45, 2.75) is 0 Å². The van der Waals surface area contributed by atoms with Crippen LogP contribution in [0.2, 0.25) is 0 Å². The summed E-state index contributed by atoms with van der Waals surface area (Å²) in [6.45, 7) is 13.0. The summed E-state index contributed by atoms with van der Waals surface area (Å²) >= 11 is 0. The normalized spacial score (nSPS) is 17.9. The Bertz CT molecular complexity index is 259. The van der Waals surface area contributed by atoms with Crippen molar-refractivity contribution >= 4 is 0 Å². The lowest BCUT2D eigenvalue weighted by atomic mass is 10.3. The van der Waals surface area contributed by atoms with E-state index >= 15 is 0 Å². The van der Waals surface area contributed by atoms with E-state index < -0.39 is 0 Å². The van der Waals surface area contributed by atoms with Crippen molar-refractivity contribution in [2.75, 3.05) is 39.4 Å². The molecule has 0 amide bonds. The molecule has 1 saturated heterocycles. The molecule has 0 bridgehead atoms. The maximum atomic E-state index is 5.36. The maximum Gasteiger partial charge on any atom is 0.141 e. The molecule has 1 fully saturated rings. The SMILES string of the molecule is C=CC#CC[N+]1(CC=C)CCOCC1.[Br-]. The quantitative estimate of drug-likeness (QED) is 0.335. The van der Waals surface area contributed by atoms with Crippen LogP contribution in [0.15, 0.2) is 25.3 Å². The van der Waals surface area contributed by atoms with E-state index in [-0.39, 0.29) is 17.0 Å². The Kier molecular flexibility index (Phi) is 7.41. The Labute approximate surface area is 103 Å². The number of hydrogen-bond donors (Lipinski definition) is 0. The van der Waals surface area contributed by atoms with Gasteiger partial charge in [0.05, 0.1) is 19.8 Å². The van der Waals surface area contributed by atoms with Crippen molar-refractivity contribution in [3.05, 3.63) is 25.3 Å². The summed E-state index contributed by atoms with van der Waals surface area (Å²) in [4.78, 5) is 0. The molecule has 0 aliphatic carbocycles. The first-order valence-electron chi connectivity index (χ1n) is 4.96. The van der Waals surface area contributed by atoms with Crippen LogP contribution in [0.3, 0.4) is 0 Å². The maximum absolute atomic E-state index is 5.36. The second kappa shape index (κ2) is 7.70. The predicted molar refractivity (Wildman–Crippen MR) is 58.7 cm³/mol. The minimum atomic E-state index is 0. The van der Waals surface area contributed by atoms with Crippen molar-refractivity contribution in [3.63, 3.8) is 0 Å². The van der Waals surface area contributed by atoms with Gasteiger partial charge in [0.2, 0.25) is 0 Å². The zero-order valence-electron chi connectivity index (χ0n) is 9.04. The van der Waals surface area contributed by atoms with Crippen LogP contribution in [0.1, 0.15) is 0 Å². The summed E-state index contributed by atoms with van der Waals surface area (Å²) < 4.78 is 6.35. The van der Waals surface area contributed by atoms with Crippen LogP contribution in [0.5, 0.6) is 0 Å². The number of morpholine rings is 1. The van der Waals surface area contributed by atoms with Crippen LogP contribution in [0.4, 0.5) is 0 Å². The van der Waals surface area contributed by atoms with Crippen LogP contribution in [-0.4, -0.2) is 43.9 Å². The predicted octanol–water partition coefficient (Wildman–Crippen LogP) is -1.79. The van der Waals surface area contributed by atoms with Gasteiger partial charge in [-0.25, -0.2) is 0 Å². The summed E-state index contributed by atoms with van der Waals surface area (Å²) in [5, 5.41) is 0. The van der Waals surface area contributed by atoms with E-state index in [0.717, 1.165) is 43.9 Å². The fourth-order valence-electron chi connectivity index (χ4n) is 1.69. The molecule has 0 aromatic heterocycles. The first kappa shape index (κ1) is 14.4. The molecule has 0 saturated carbocycles. The molecule has 0 aromatic rings. The van der Waals surface area contributed by atoms with Crippen LogP contribution in [-0.2, 0) is 4.74 Å². The number of allylic oxidation sites excluding steroid dienone is 1. The van der Waals surface area contributed by atoms with E-state index in [1.165, 1.54) is 0 Å². The highest BCUT2D eigenvalue weighted by molar-refractivity contribution is 5.12. The third-order valence-electron chi connectivity index (χ3n) is 2.55. The number of nitrogens with zero attached hydrogens (tertiary/aromatic N) is 1. The molecule has 15 heavy (non-hydrogen) atoms. The molecule has 0 aromatic carbocycles. The van der Waals surface area contributed by atoms with Gasteiger partial charge in [0.15, 0.2) is 0 Å². The molecule has 0 unspecified atom stereocenters. The molecule has 0 spiro atoms. The standard InChI is InChI=1S/C12H18NO.BrH/c1-3-5-6-8-13(7-4-2)9-11-14-12-10-13;/h3-4H,1-2,7-12H2;1H/q+1;/p-1. The largest absolute Gasteiger partial charge is 1.00 e. The van der Waals surface area contributed by atoms with Crippen molar-refractivity contribution < 1.29 is 26.2 Å². The van der Waals surface area contributed by atoms with Crippen LogP contribution >= 0.6 is 0 Å². The van der Waals surface area contributed by atoms with Gasteiger partial charge < -0.3 is 26.2 Å². The zero-order chi connectivity index (χ0) is 10.3. The molecule has 1 heterocycles. The molecule has 1 rings (SSSR count). The Morgan fingerprint density at radius 3 is 2.47 bits per heavy atom. The first-order valence-corrected chi connectivity index (χ1v) is 4.96. The van der Waals surface area contributed by atoms with E-state index in [9.17, 15) is 0 Å². The molecule has 2 nitrogen and oxygen atoms in total. The van der Waals surface area contributed by atoms with Gasteiger partial charge in [-0.1, -0.05) is 19.1 Å². The number of quaternary nitrogens is 1. The lowest BCUT2D eigenvalue weighted by molar-refractivity contribution is -0.923. The van der Waals surface area contributed by atoms with E-state index in [0.29, 0.717) is 0 Å². The Hall–Kier alpha value is -0.560. The average Bonchev–Trinajstić information content (AvgIpc) is 2.20. The number of hydrogen-bond acceptors (Lipinski definition) is 1. The minimum Gasteiger partial charge on any atom is -1.00 e. The van der Waals surface area contributed by atoms with Gasteiger partial charge in [-0.3, -0.25) is 0 Å². The molecular weight excluding hydrogens is 254 g/mol. The molecule has 1 aliphatic heterocycles. The highest BCUT2D eigenvalue weighted by atomic mass is 79.9. The van der Waals surface area contributed by atoms with E-state index in [4.69, 9.17) is 4.74 Å². The summed E-state index contributed by atoms with van der Waals surface area (Å²) in [6, 6.07) is 0. The van der Waals surface area contributed by atoms with Gasteiger partial charge in [0.1, 0.15) is 19.6 Å². The number of halogens is 1. The Morgan fingerprint density at radius 1 is 1.27 bits per heavy atom. The monoisotopic (exact) mass is 271 g/mol. The molecule has 0 atom stereocenters. The summed E-state index contributed by atoms with van der Waals surface area (Å²) in [6.07, 6.45) is 3.62. The fourth-order valence-corrected chi connectivity index (χ4v) is 1.69. The van der Waals surface area contributed by atoms with Gasteiger partial charge in [-0.2, -0.15) is 0 Å². The van der Waals surface area contributed by atoms with Crippen LogP contribution < -0.4 is 17.0 Å². The molecule has 0 N–H and O–H groups in total. The smallest absolute Gasteiger partial charge is 0.141 e. The minimum absolute atomic E-state index is 0. The van der Waals surface area contributed by atoms with Crippen molar-refractivity contribution in [1.82, 2.24) is 0 Å². The lowest BCUT2D eigenvalue weighted by Crippen LogP contribution is -3.00. The van der Waals surface area contributed by atoms with Crippen LogP contribution in [0.25, 0.3) is 0 Å². The summed E-state index contributed by atoms with van der Waals surface area (Å²) in [5.74, 6) is 6.03. The average molecular weight is 272 g/mol. The van der Waals surface area contributed by atoms with Crippen molar-refractivity contribution in [2.24, 2.45) is 0 Å². The fraction of sp³-hybridized carbons (Fsp3) is 0.500. The lowest BCUT2D eigenvalue weighted by Gasteiger charge is -2.38. The molecule has 0 radical (unpaired) electrons. The Morgan fingerprint density at radius 2 is 1.93 bits per heavy atom. The van der Waals surface area contributed by atoms with E-state index in [2.05, 4.69) is 25.0 Å². The zero-order valence-corrected chi connectivity index (χ0v) is 10.6. The molecule has 3 heteroatoms. The third-order valence-corrected chi connectivity index (χ3v) is 2.55. The van der Waals surface area contributed by atoms with Crippen molar-refractivity contribution in [1.29, 1.82) is 0 Å². The number of ether oxygens (including phenoxy) is 1. The highest BCUT2D eigenvalue weighted by Crippen LogP contribution is 2.10. The van der Waals surface area contributed by atoms with E-state index in [1.807, 2.05) is 6.08 Å². The molecule has 1 aliphatic rings. The second-order valence-electron chi connectivity index (χ2n) is 3.56. The second-order valence-corrected chi connectivity index (χ2v) is 3.56. The van der Waals surface area contributed by atoms with Crippen molar-refractivity contribution in [3.8, 4) is 11.8 Å². The van der Waals surface area contributed by atoms with Gasteiger partial charge >= 0.3 is 0 Å². The van der Waals surface area contributed by atoms with E-state index in [1.54, 1.807) is 6.08 Å². The number of rotatable bonds is 3. The van der Waals surface area contributed by atoms with Crippen LogP contribution in [0, 0.1) is 11.8 Å². The topological polar surface area (TPSA) is 9.23 Å². The first-order chi connectivity index (χ1) is 6.83.